The van der Waals surface area contributed by atoms with Crippen molar-refractivity contribution in [1.82, 2.24) is 14.8 Å². The minimum absolute atomic E-state index is 0.157. The van der Waals surface area contributed by atoms with E-state index in [4.69, 9.17) is 0 Å². The third-order valence-corrected chi connectivity index (χ3v) is 3.68. The van der Waals surface area contributed by atoms with E-state index in [1.807, 2.05) is 0 Å². The maximum absolute atomic E-state index is 13.0. The molecule has 1 aliphatic rings. The summed E-state index contributed by atoms with van der Waals surface area (Å²) in [5.41, 5.74) is -1.67. The fourth-order valence-corrected chi connectivity index (χ4v) is 2.56. The summed E-state index contributed by atoms with van der Waals surface area (Å²) in [6, 6.07) is 2.11. The number of carbonyl (C=O) groups excluding carboxylic acids is 2. The topological polar surface area (TPSA) is 53.5 Å². The van der Waals surface area contributed by atoms with Gasteiger partial charge in [-0.25, -0.2) is 0 Å². The number of piperazine rings is 1. The minimum atomic E-state index is -4.70. The number of aromatic nitrogens is 1. The molecule has 2 amide bonds. The van der Waals surface area contributed by atoms with E-state index in [2.05, 4.69) is 11.6 Å². The predicted molar refractivity (Wildman–Crippen MR) is 76.5 cm³/mol. The molecule has 0 N–H and O–H groups in total. The Morgan fingerprint density at radius 2 is 2.09 bits per heavy atom. The summed E-state index contributed by atoms with van der Waals surface area (Å²) in [6.45, 7) is 5.70. The lowest BCUT2D eigenvalue weighted by molar-refractivity contribution is -0.141. The first-order valence-corrected chi connectivity index (χ1v) is 7.00. The third-order valence-electron chi connectivity index (χ3n) is 3.68. The molecule has 0 unspecified atom stereocenters. The first-order valence-electron chi connectivity index (χ1n) is 7.00. The summed E-state index contributed by atoms with van der Waals surface area (Å²) in [5.74, 6) is -0.995. The van der Waals surface area contributed by atoms with Crippen LogP contribution in [-0.4, -0.2) is 52.3 Å². The van der Waals surface area contributed by atoms with Crippen LogP contribution in [-0.2, 0) is 11.0 Å². The van der Waals surface area contributed by atoms with E-state index in [1.165, 1.54) is 21.9 Å². The summed E-state index contributed by atoms with van der Waals surface area (Å²) in [5, 5.41) is 0. The summed E-state index contributed by atoms with van der Waals surface area (Å²) >= 11 is 0. The second kappa shape index (κ2) is 6.39. The van der Waals surface area contributed by atoms with Crippen molar-refractivity contribution in [2.45, 2.75) is 19.1 Å². The summed E-state index contributed by atoms with van der Waals surface area (Å²) < 4.78 is 38.9. The number of amides is 2. The number of rotatable bonds is 2. The molecule has 0 aliphatic carbocycles. The zero-order valence-corrected chi connectivity index (χ0v) is 12.5. The van der Waals surface area contributed by atoms with Crippen molar-refractivity contribution in [2.75, 3.05) is 19.6 Å². The predicted octanol–water partition coefficient (Wildman–Crippen LogP) is 1.96. The van der Waals surface area contributed by atoms with Gasteiger partial charge in [0.05, 0.1) is 5.56 Å². The van der Waals surface area contributed by atoms with Crippen molar-refractivity contribution >= 4 is 11.8 Å². The molecule has 1 fully saturated rings. The van der Waals surface area contributed by atoms with Gasteiger partial charge in [-0.3, -0.25) is 14.6 Å². The fourth-order valence-electron chi connectivity index (χ4n) is 2.56. The average Bonchev–Trinajstić information content (AvgIpc) is 2.52. The lowest BCUT2D eigenvalue weighted by atomic mass is 10.1. The van der Waals surface area contributed by atoms with Crippen LogP contribution >= 0.6 is 0 Å². The average molecular weight is 327 g/mol. The van der Waals surface area contributed by atoms with Crippen LogP contribution in [0.1, 0.15) is 23.0 Å². The maximum atomic E-state index is 13.0. The van der Waals surface area contributed by atoms with Crippen molar-refractivity contribution in [3.8, 4) is 0 Å². The number of carbonyl (C=O) groups is 2. The molecule has 124 valence electrons. The van der Waals surface area contributed by atoms with Gasteiger partial charge in [0.1, 0.15) is 0 Å². The van der Waals surface area contributed by atoms with Crippen molar-refractivity contribution in [1.29, 1.82) is 0 Å². The third kappa shape index (κ3) is 3.52. The van der Waals surface area contributed by atoms with Crippen LogP contribution in [0.3, 0.4) is 0 Å². The van der Waals surface area contributed by atoms with Gasteiger partial charge >= 0.3 is 6.18 Å². The summed E-state index contributed by atoms with van der Waals surface area (Å²) in [6.07, 6.45) is -2.52. The van der Waals surface area contributed by atoms with Crippen molar-refractivity contribution < 1.29 is 22.8 Å². The number of halogens is 3. The first kappa shape index (κ1) is 17.0. The number of nitrogens with zero attached hydrogens (tertiary/aromatic N) is 3. The number of alkyl halides is 3. The van der Waals surface area contributed by atoms with Crippen molar-refractivity contribution in [3.05, 3.63) is 42.2 Å². The summed E-state index contributed by atoms with van der Waals surface area (Å²) in [4.78, 5) is 30.2. The Kier molecular flexibility index (Phi) is 4.72. The molecule has 0 aromatic carbocycles. The molecule has 1 aromatic heterocycles. The first-order chi connectivity index (χ1) is 10.8. The highest BCUT2D eigenvalue weighted by Crippen LogP contribution is 2.30. The van der Waals surface area contributed by atoms with Gasteiger partial charge in [0.2, 0.25) is 5.91 Å². The highest BCUT2D eigenvalue weighted by Gasteiger charge is 2.39. The Labute approximate surface area is 131 Å². The lowest BCUT2D eigenvalue weighted by Crippen LogP contribution is -2.55. The van der Waals surface area contributed by atoms with E-state index < -0.39 is 23.3 Å². The van der Waals surface area contributed by atoms with Crippen molar-refractivity contribution in [3.63, 3.8) is 0 Å². The SMILES string of the molecule is C=CC(=O)N1CCN(C(=O)c2cccnc2C(F)(F)F)C[C@H]1C. The molecule has 1 aromatic rings. The molecule has 0 spiro atoms. The molecule has 2 rings (SSSR count). The zero-order chi connectivity index (χ0) is 17.2. The molecule has 0 radical (unpaired) electrons. The number of hydrogen-bond acceptors (Lipinski definition) is 3. The minimum Gasteiger partial charge on any atom is -0.335 e. The normalized spacial score (nSPS) is 18.7. The Morgan fingerprint density at radius 1 is 1.39 bits per heavy atom. The molecule has 0 saturated carbocycles. The van der Waals surface area contributed by atoms with Gasteiger partial charge in [0, 0.05) is 31.9 Å². The standard InChI is InChI=1S/C15H16F3N3O2/c1-3-12(22)21-8-7-20(9-10(21)2)14(23)11-5-4-6-19-13(11)15(16,17)18/h3-6,10H,1,7-9H2,2H3/t10-/m1/s1. The Bertz CT molecular complexity index is 631. The molecular weight excluding hydrogens is 311 g/mol. The largest absolute Gasteiger partial charge is 0.434 e. The smallest absolute Gasteiger partial charge is 0.335 e. The molecule has 0 bridgehead atoms. The van der Waals surface area contributed by atoms with E-state index in [1.54, 1.807) is 6.92 Å². The molecule has 5 nitrogen and oxygen atoms in total. The van der Waals surface area contributed by atoms with Crippen LogP contribution in [0.25, 0.3) is 0 Å². The Hall–Kier alpha value is -2.38. The maximum Gasteiger partial charge on any atom is 0.434 e. The van der Waals surface area contributed by atoms with Crippen LogP contribution in [0.4, 0.5) is 13.2 Å². The van der Waals surface area contributed by atoms with E-state index in [0.29, 0.717) is 0 Å². The van der Waals surface area contributed by atoms with Crippen LogP contribution in [0.15, 0.2) is 31.0 Å². The Morgan fingerprint density at radius 3 is 2.65 bits per heavy atom. The van der Waals surface area contributed by atoms with Crippen LogP contribution in [0, 0.1) is 0 Å². The quantitative estimate of drug-likeness (QED) is 0.780. The molecule has 8 heteroatoms. The molecule has 2 heterocycles. The zero-order valence-electron chi connectivity index (χ0n) is 12.5. The van der Waals surface area contributed by atoms with Crippen LogP contribution in [0.2, 0.25) is 0 Å². The van der Waals surface area contributed by atoms with E-state index >= 15 is 0 Å². The molecule has 1 atom stereocenters. The fraction of sp³-hybridized carbons (Fsp3) is 0.400. The Balaban J connectivity index is 2.20. The highest BCUT2D eigenvalue weighted by molar-refractivity contribution is 5.95. The van der Waals surface area contributed by atoms with Crippen LogP contribution in [0.5, 0.6) is 0 Å². The molecule has 1 aliphatic heterocycles. The molecule has 23 heavy (non-hydrogen) atoms. The second-order valence-electron chi connectivity index (χ2n) is 5.23. The number of pyridine rings is 1. The van der Waals surface area contributed by atoms with Gasteiger partial charge in [-0.15, -0.1) is 0 Å². The van der Waals surface area contributed by atoms with Gasteiger partial charge in [-0.1, -0.05) is 6.58 Å². The van der Waals surface area contributed by atoms with E-state index in [-0.39, 0.29) is 31.6 Å². The van der Waals surface area contributed by atoms with E-state index in [9.17, 15) is 22.8 Å². The summed E-state index contributed by atoms with van der Waals surface area (Å²) in [7, 11) is 0. The molecular formula is C15H16F3N3O2. The monoisotopic (exact) mass is 327 g/mol. The van der Waals surface area contributed by atoms with Gasteiger partial charge < -0.3 is 9.80 Å². The van der Waals surface area contributed by atoms with Gasteiger partial charge in [0.15, 0.2) is 5.69 Å². The van der Waals surface area contributed by atoms with Gasteiger partial charge in [-0.2, -0.15) is 13.2 Å². The number of hydrogen-bond donors (Lipinski definition) is 0. The van der Waals surface area contributed by atoms with Gasteiger partial charge in [-0.05, 0) is 25.1 Å². The molecule has 1 saturated heterocycles. The highest BCUT2D eigenvalue weighted by atomic mass is 19.4. The lowest BCUT2D eigenvalue weighted by Gasteiger charge is -2.39. The van der Waals surface area contributed by atoms with Gasteiger partial charge in [0.25, 0.3) is 5.91 Å². The second-order valence-corrected chi connectivity index (χ2v) is 5.23. The van der Waals surface area contributed by atoms with Crippen LogP contribution < -0.4 is 0 Å². The van der Waals surface area contributed by atoms with Crippen molar-refractivity contribution in [2.24, 2.45) is 0 Å². The van der Waals surface area contributed by atoms with E-state index in [0.717, 1.165) is 12.3 Å².